The standard InChI is InChI=1S/C17H25N3O4/c1-17(2)9-13-11(14(21)10-17)8-12(16(23)20-13)15(22)19-5-4-18-6-7-24-3/h8,18H,4-7,9-10H2,1-3H3,(H,19,22)(H,20,23). The molecule has 2 rings (SSSR count). The largest absolute Gasteiger partial charge is 0.383 e. The molecule has 0 fully saturated rings. The van der Waals surface area contributed by atoms with E-state index in [-0.39, 0.29) is 16.8 Å². The molecule has 0 saturated heterocycles. The number of amides is 1. The van der Waals surface area contributed by atoms with Crippen LogP contribution < -0.4 is 16.2 Å². The average molecular weight is 335 g/mol. The predicted octanol–water partition coefficient (Wildman–Crippen LogP) is 0.496. The number of ketones is 1. The van der Waals surface area contributed by atoms with Gasteiger partial charge in [-0.05, 0) is 17.9 Å². The zero-order valence-corrected chi connectivity index (χ0v) is 14.5. The van der Waals surface area contributed by atoms with Gasteiger partial charge in [-0.15, -0.1) is 0 Å². The van der Waals surface area contributed by atoms with Crippen LogP contribution in [0.25, 0.3) is 0 Å². The number of H-pyrrole nitrogens is 1. The van der Waals surface area contributed by atoms with Gasteiger partial charge >= 0.3 is 0 Å². The number of aromatic nitrogens is 1. The second-order valence-electron chi connectivity index (χ2n) is 6.84. The van der Waals surface area contributed by atoms with Gasteiger partial charge in [0, 0.05) is 44.4 Å². The van der Waals surface area contributed by atoms with Crippen LogP contribution in [0.4, 0.5) is 0 Å². The zero-order valence-electron chi connectivity index (χ0n) is 14.5. The Kier molecular flexibility index (Phi) is 5.90. The van der Waals surface area contributed by atoms with Crippen molar-refractivity contribution in [3.8, 4) is 0 Å². The van der Waals surface area contributed by atoms with Gasteiger partial charge in [-0.25, -0.2) is 0 Å². The van der Waals surface area contributed by atoms with Crippen LogP contribution in [0.5, 0.6) is 0 Å². The van der Waals surface area contributed by atoms with Crippen LogP contribution in [0, 0.1) is 5.41 Å². The SMILES string of the molecule is COCCNCCNC(=O)c1cc2c([nH]c1=O)CC(C)(C)CC2=O. The van der Waals surface area contributed by atoms with Crippen molar-refractivity contribution in [3.63, 3.8) is 0 Å². The topological polar surface area (TPSA) is 100 Å². The summed E-state index contributed by atoms with van der Waals surface area (Å²) in [7, 11) is 1.62. The van der Waals surface area contributed by atoms with E-state index in [9.17, 15) is 14.4 Å². The highest BCUT2D eigenvalue weighted by Crippen LogP contribution is 2.33. The van der Waals surface area contributed by atoms with Gasteiger partial charge in [0.15, 0.2) is 5.78 Å². The fourth-order valence-corrected chi connectivity index (χ4v) is 2.86. The monoisotopic (exact) mass is 335 g/mol. The highest BCUT2D eigenvalue weighted by Gasteiger charge is 2.32. The Hall–Kier alpha value is -1.99. The number of fused-ring (bicyclic) bond motifs is 1. The van der Waals surface area contributed by atoms with Gasteiger partial charge in [0.05, 0.1) is 6.61 Å². The van der Waals surface area contributed by atoms with Crippen LogP contribution in [-0.2, 0) is 11.2 Å². The number of Topliss-reactive ketones (excluding diaryl/α,β-unsaturated/α-hetero) is 1. The Bertz CT molecular complexity index is 679. The number of aromatic amines is 1. The van der Waals surface area contributed by atoms with E-state index in [1.807, 2.05) is 13.8 Å². The molecule has 3 N–H and O–H groups in total. The Morgan fingerprint density at radius 3 is 2.71 bits per heavy atom. The first-order valence-electron chi connectivity index (χ1n) is 8.11. The number of hydrogen-bond donors (Lipinski definition) is 3. The number of carbonyl (C=O) groups is 2. The number of carbonyl (C=O) groups excluding carboxylic acids is 2. The third-order valence-corrected chi connectivity index (χ3v) is 4.03. The molecule has 1 aliphatic rings. The Morgan fingerprint density at radius 1 is 1.25 bits per heavy atom. The second-order valence-corrected chi connectivity index (χ2v) is 6.84. The average Bonchev–Trinajstić information content (AvgIpc) is 2.48. The molecule has 0 atom stereocenters. The summed E-state index contributed by atoms with van der Waals surface area (Å²) in [5.41, 5.74) is 0.434. The van der Waals surface area contributed by atoms with Gasteiger partial charge in [0.25, 0.3) is 11.5 Å². The van der Waals surface area contributed by atoms with Crippen molar-refractivity contribution in [1.29, 1.82) is 0 Å². The minimum absolute atomic E-state index is 0.0151. The lowest BCUT2D eigenvalue weighted by Crippen LogP contribution is -2.37. The summed E-state index contributed by atoms with van der Waals surface area (Å²) in [5.74, 6) is -0.502. The summed E-state index contributed by atoms with van der Waals surface area (Å²) in [6.07, 6.45) is 1.03. The maximum atomic E-state index is 12.3. The molecule has 0 spiro atoms. The molecule has 0 bridgehead atoms. The van der Waals surface area contributed by atoms with Crippen LogP contribution in [0.3, 0.4) is 0 Å². The number of nitrogens with one attached hydrogen (secondary N) is 3. The molecule has 132 valence electrons. The Morgan fingerprint density at radius 2 is 2.00 bits per heavy atom. The maximum Gasteiger partial charge on any atom is 0.261 e. The summed E-state index contributed by atoms with van der Waals surface area (Å²) < 4.78 is 4.90. The summed E-state index contributed by atoms with van der Waals surface area (Å²) in [4.78, 5) is 39.3. The van der Waals surface area contributed by atoms with Gasteiger partial charge in [-0.1, -0.05) is 13.8 Å². The second kappa shape index (κ2) is 7.72. The number of rotatable bonds is 7. The summed E-state index contributed by atoms with van der Waals surface area (Å²) in [6.45, 7) is 6.23. The fraction of sp³-hybridized carbons (Fsp3) is 0.588. The summed E-state index contributed by atoms with van der Waals surface area (Å²) in [5, 5.41) is 5.78. The van der Waals surface area contributed by atoms with Gasteiger partial charge in [-0.3, -0.25) is 14.4 Å². The van der Waals surface area contributed by atoms with E-state index in [0.29, 0.717) is 50.3 Å². The Balaban J connectivity index is 2.04. The first-order valence-corrected chi connectivity index (χ1v) is 8.11. The highest BCUT2D eigenvalue weighted by molar-refractivity contribution is 6.02. The van der Waals surface area contributed by atoms with Crippen molar-refractivity contribution in [2.24, 2.45) is 5.41 Å². The molecule has 0 aromatic carbocycles. The molecule has 0 unspecified atom stereocenters. The van der Waals surface area contributed by atoms with Gasteiger partial charge in [0.2, 0.25) is 0 Å². The van der Waals surface area contributed by atoms with Crippen LogP contribution in [0.1, 0.15) is 46.7 Å². The molecular formula is C17H25N3O4. The zero-order chi connectivity index (χ0) is 17.7. The third kappa shape index (κ3) is 4.52. The quantitative estimate of drug-likeness (QED) is 0.630. The first-order chi connectivity index (χ1) is 11.3. The Labute approximate surface area is 141 Å². The van der Waals surface area contributed by atoms with E-state index < -0.39 is 11.5 Å². The van der Waals surface area contributed by atoms with Crippen molar-refractivity contribution in [2.45, 2.75) is 26.7 Å². The molecule has 24 heavy (non-hydrogen) atoms. The fourth-order valence-electron chi connectivity index (χ4n) is 2.86. The normalized spacial score (nSPS) is 15.9. The minimum atomic E-state index is -0.467. The number of pyridine rings is 1. The maximum absolute atomic E-state index is 12.3. The molecule has 1 aliphatic carbocycles. The van der Waals surface area contributed by atoms with E-state index in [1.165, 1.54) is 6.07 Å². The molecule has 0 radical (unpaired) electrons. The van der Waals surface area contributed by atoms with Crippen LogP contribution in [-0.4, -0.2) is 50.0 Å². The molecule has 1 aromatic heterocycles. The molecule has 0 aliphatic heterocycles. The lowest BCUT2D eigenvalue weighted by molar-refractivity contribution is 0.0910. The third-order valence-electron chi connectivity index (χ3n) is 4.03. The molecular weight excluding hydrogens is 310 g/mol. The summed E-state index contributed by atoms with van der Waals surface area (Å²) >= 11 is 0. The highest BCUT2D eigenvalue weighted by atomic mass is 16.5. The summed E-state index contributed by atoms with van der Waals surface area (Å²) in [6, 6.07) is 1.43. The lowest BCUT2D eigenvalue weighted by atomic mass is 9.75. The molecule has 7 heteroatoms. The van der Waals surface area contributed by atoms with Crippen LogP contribution in [0.2, 0.25) is 0 Å². The number of methoxy groups -OCH3 is 1. The van der Waals surface area contributed by atoms with Crippen LogP contribution >= 0.6 is 0 Å². The van der Waals surface area contributed by atoms with Crippen molar-refractivity contribution >= 4 is 11.7 Å². The molecule has 1 aromatic rings. The van der Waals surface area contributed by atoms with Gasteiger partial charge in [-0.2, -0.15) is 0 Å². The van der Waals surface area contributed by atoms with Crippen molar-refractivity contribution in [2.75, 3.05) is 33.4 Å². The van der Waals surface area contributed by atoms with Crippen molar-refractivity contribution < 1.29 is 14.3 Å². The first kappa shape index (κ1) is 18.4. The molecule has 7 nitrogen and oxygen atoms in total. The predicted molar refractivity (Wildman–Crippen MR) is 90.6 cm³/mol. The van der Waals surface area contributed by atoms with E-state index in [4.69, 9.17) is 4.74 Å². The molecule has 1 heterocycles. The lowest BCUT2D eigenvalue weighted by Gasteiger charge is -2.29. The smallest absolute Gasteiger partial charge is 0.261 e. The molecule has 0 saturated carbocycles. The van der Waals surface area contributed by atoms with E-state index in [2.05, 4.69) is 15.6 Å². The number of ether oxygens (including phenoxy) is 1. The van der Waals surface area contributed by atoms with Gasteiger partial charge in [0.1, 0.15) is 5.56 Å². The van der Waals surface area contributed by atoms with E-state index in [0.717, 1.165) is 0 Å². The van der Waals surface area contributed by atoms with Gasteiger partial charge < -0.3 is 20.4 Å². The van der Waals surface area contributed by atoms with Crippen molar-refractivity contribution in [3.05, 3.63) is 33.2 Å². The minimum Gasteiger partial charge on any atom is -0.383 e. The van der Waals surface area contributed by atoms with Crippen LogP contribution in [0.15, 0.2) is 10.9 Å². The van der Waals surface area contributed by atoms with Crippen molar-refractivity contribution in [1.82, 2.24) is 15.6 Å². The van der Waals surface area contributed by atoms with E-state index >= 15 is 0 Å². The molecule has 1 amide bonds. The number of hydrogen-bond acceptors (Lipinski definition) is 5. The van der Waals surface area contributed by atoms with E-state index in [1.54, 1.807) is 7.11 Å².